The number of para-hydroxylation sites is 2. The molecule has 0 unspecified atom stereocenters. The molecular weight excluding hydrogens is 412 g/mol. The second-order valence-corrected chi connectivity index (χ2v) is 6.78. The van der Waals surface area contributed by atoms with Crippen LogP contribution in [0.4, 0.5) is 5.69 Å². The van der Waals surface area contributed by atoms with Crippen molar-refractivity contribution in [3.8, 4) is 17.1 Å². The number of hydrogen-bond donors (Lipinski definition) is 2. The number of likely N-dealkylation sites (N-methyl/N-ethyl adjacent to an activating group) is 1. The molecule has 0 saturated heterocycles. The molecule has 3 amide bonds. The third-order valence-corrected chi connectivity index (χ3v) is 4.65. The number of nitrogens with zero attached hydrogens (tertiary/aromatic N) is 2. The van der Waals surface area contributed by atoms with Crippen LogP contribution >= 0.6 is 0 Å². The highest BCUT2D eigenvalue weighted by Crippen LogP contribution is 2.23. The van der Waals surface area contributed by atoms with Crippen molar-refractivity contribution < 1.29 is 23.6 Å². The zero-order valence-corrected chi connectivity index (χ0v) is 17.8. The second-order valence-electron chi connectivity index (χ2n) is 6.78. The van der Waals surface area contributed by atoms with Gasteiger partial charge in [0.1, 0.15) is 5.75 Å². The van der Waals surface area contributed by atoms with E-state index in [4.69, 9.17) is 9.26 Å². The van der Waals surface area contributed by atoms with Crippen LogP contribution in [0.15, 0.2) is 65.2 Å². The molecule has 0 fully saturated rings. The maximum absolute atomic E-state index is 12.5. The summed E-state index contributed by atoms with van der Waals surface area (Å²) in [6, 6.07) is 17.7. The Hall–Kier alpha value is -4.14. The Morgan fingerprint density at radius 1 is 1.06 bits per heavy atom. The van der Waals surface area contributed by atoms with Crippen molar-refractivity contribution in [3.05, 3.63) is 66.4 Å². The number of ether oxygens (including phenoxy) is 1. The van der Waals surface area contributed by atoms with Crippen LogP contribution in [-0.4, -0.2) is 54.5 Å². The summed E-state index contributed by atoms with van der Waals surface area (Å²) in [5, 5.41) is 9.00. The normalized spacial score (nSPS) is 10.3. The predicted octanol–water partition coefficient (Wildman–Crippen LogP) is 2.57. The highest BCUT2D eigenvalue weighted by Gasteiger charge is 2.19. The molecule has 9 heteroatoms. The van der Waals surface area contributed by atoms with E-state index < -0.39 is 11.8 Å². The van der Waals surface area contributed by atoms with Gasteiger partial charge in [0.15, 0.2) is 11.5 Å². The third-order valence-electron chi connectivity index (χ3n) is 4.65. The van der Waals surface area contributed by atoms with Crippen molar-refractivity contribution in [3.63, 3.8) is 0 Å². The summed E-state index contributed by atoms with van der Waals surface area (Å²) in [6.07, 6.45) is 0. The fourth-order valence-corrected chi connectivity index (χ4v) is 2.97. The Morgan fingerprint density at radius 3 is 2.50 bits per heavy atom. The smallest absolute Gasteiger partial charge is 0.273 e. The molecule has 166 valence electrons. The topological polar surface area (TPSA) is 114 Å². The minimum atomic E-state index is -0.543. The molecule has 1 heterocycles. The highest BCUT2D eigenvalue weighted by atomic mass is 16.5. The summed E-state index contributed by atoms with van der Waals surface area (Å²) in [5.41, 5.74) is 1.36. The lowest BCUT2D eigenvalue weighted by Gasteiger charge is -2.20. The molecule has 32 heavy (non-hydrogen) atoms. The van der Waals surface area contributed by atoms with E-state index in [2.05, 4.69) is 15.8 Å². The number of hydrogen-bond acceptors (Lipinski definition) is 6. The van der Waals surface area contributed by atoms with Gasteiger partial charge in [0.05, 0.1) is 25.9 Å². The maximum Gasteiger partial charge on any atom is 0.273 e. The average molecular weight is 436 g/mol. The van der Waals surface area contributed by atoms with Gasteiger partial charge in [-0.25, -0.2) is 0 Å². The van der Waals surface area contributed by atoms with Gasteiger partial charge in [0.25, 0.3) is 5.91 Å². The van der Waals surface area contributed by atoms with Crippen LogP contribution in [0.5, 0.6) is 5.75 Å². The Morgan fingerprint density at radius 2 is 1.78 bits per heavy atom. The van der Waals surface area contributed by atoms with Gasteiger partial charge in [0, 0.05) is 18.2 Å². The first-order valence-electron chi connectivity index (χ1n) is 10.0. The maximum atomic E-state index is 12.5. The number of carbonyl (C=O) groups is 3. The molecule has 2 aromatic carbocycles. The lowest BCUT2D eigenvalue weighted by Crippen LogP contribution is -2.43. The van der Waals surface area contributed by atoms with Gasteiger partial charge in [-0.05, 0) is 19.1 Å². The number of carbonyl (C=O) groups excluding carboxylic acids is 3. The molecule has 1 aromatic heterocycles. The molecule has 0 atom stereocenters. The lowest BCUT2D eigenvalue weighted by molar-refractivity contribution is -0.133. The molecule has 0 saturated carbocycles. The third kappa shape index (κ3) is 5.72. The molecule has 0 aliphatic carbocycles. The van der Waals surface area contributed by atoms with Gasteiger partial charge >= 0.3 is 0 Å². The second kappa shape index (κ2) is 10.8. The lowest BCUT2D eigenvalue weighted by atomic mass is 10.1. The Kier molecular flexibility index (Phi) is 7.58. The van der Waals surface area contributed by atoms with Crippen molar-refractivity contribution in [2.75, 3.05) is 32.1 Å². The van der Waals surface area contributed by atoms with Crippen LogP contribution in [-0.2, 0) is 9.59 Å². The van der Waals surface area contributed by atoms with Crippen molar-refractivity contribution in [1.82, 2.24) is 15.4 Å². The van der Waals surface area contributed by atoms with Crippen molar-refractivity contribution >= 4 is 23.4 Å². The molecule has 3 aromatic rings. The zero-order chi connectivity index (χ0) is 22.9. The number of benzene rings is 2. The van der Waals surface area contributed by atoms with Crippen molar-refractivity contribution in [1.29, 1.82) is 0 Å². The highest BCUT2D eigenvalue weighted by molar-refractivity contribution is 5.98. The molecular formula is C23H24N4O5. The van der Waals surface area contributed by atoms with E-state index in [0.717, 1.165) is 5.56 Å². The Bertz CT molecular complexity index is 1080. The monoisotopic (exact) mass is 436 g/mol. The minimum absolute atomic E-state index is 0.0635. The molecule has 9 nitrogen and oxygen atoms in total. The summed E-state index contributed by atoms with van der Waals surface area (Å²) in [6.45, 7) is 1.61. The minimum Gasteiger partial charge on any atom is -0.495 e. The molecule has 0 spiro atoms. The van der Waals surface area contributed by atoms with Gasteiger partial charge in [-0.1, -0.05) is 47.6 Å². The van der Waals surface area contributed by atoms with Crippen LogP contribution in [0.1, 0.15) is 17.4 Å². The first-order valence-corrected chi connectivity index (χ1v) is 10.0. The van der Waals surface area contributed by atoms with E-state index >= 15 is 0 Å². The Balaban J connectivity index is 1.53. The van der Waals surface area contributed by atoms with Crippen LogP contribution in [0.3, 0.4) is 0 Å². The van der Waals surface area contributed by atoms with Gasteiger partial charge < -0.3 is 24.8 Å². The van der Waals surface area contributed by atoms with Gasteiger partial charge in [-0.15, -0.1) is 0 Å². The number of anilines is 1. The standard InChI is InChI=1S/C23H24N4O5/c1-3-27(15-21(28)25-17-11-7-8-12-19(17)31-2)22(29)14-24-23(30)18-13-20(32-26-18)16-9-5-4-6-10-16/h4-13H,3,14-15H2,1-2H3,(H,24,30)(H,25,28). The van der Waals surface area contributed by atoms with E-state index in [0.29, 0.717) is 23.7 Å². The number of amides is 3. The van der Waals surface area contributed by atoms with E-state index in [1.54, 1.807) is 31.2 Å². The zero-order valence-electron chi connectivity index (χ0n) is 17.8. The summed E-state index contributed by atoms with van der Waals surface area (Å²) < 4.78 is 10.4. The van der Waals surface area contributed by atoms with Gasteiger partial charge in [-0.3, -0.25) is 14.4 Å². The van der Waals surface area contributed by atoms with Crippen LogP contribution < -0.4 is 15.4 Å². The summed E-state index contributed by atoms with van der Waals surface area (Å²) >= 11 is 0. The largest absolute Gasteiger partial charge is 0.495 e. The van der Waals surface area contributed by atoms with E-state index in [9.17, 15) is 14.4 Å². The molecule has 0 aliphatic heterocycles. The molecule has 3 rings (SSSR count). The fraction of sp³-hybridized carbons (Fsp3) is 0.217. The van der Waals surface area contributed by atoms with E-state index in [1.165, 1.54) is 18.1 Å². The summed E-state index contributed by atoms with van der Waals surface area (Å²) in [4.78, 5) is 38.6. The number of nitrogens with one attached hydrogen (secondary N) is 2. The summed E-state index contributed by atoms with van der Waals surface area (Å²) in [7, 11) is 1.51. The SMILES string of the molecule is CCN(CC(=O)Nc1ccccc1OC)C(=O)CNC(=O)c1cc(-c2ccccc2)on1. The van der Waals surface area contributed by atoms with Crippen LogP contribution in [0.2, 0.25) is 0 Å². The molecule has 0 aliphatic rings. The van der Waals surface area contributed by atoms with Gasteiger partial charge in [-0.2, -0.15) is 0 Å². The van der Waals surface area contributed by atoms with Crippen LogP contribution in [0.25, 0.3) is 11.3 Å². The fourth-order valence-electron chi connectivity index (χ4n) is 2.97. The molecule has 0 radical (unpaired) electrons. The van der Waals surface area contributed by atoms with E-state index in [-0.39, 0.29) is 24.7 Å². The van der Waals surface area contributed by atoms with Crippen molar-refractivity contribution in [2.45, 2.75) is 6.92 Å². The van der Waals surface area contributed by atoms with E-state index in [1.807, 2.05) is 30.3 Å². The summed E-state index contributed by atoms with van der Waals surface area (Å²) in [5.74, 6) is -0.350. The number of rotatable bonds is 9. The molecule has 2 N–H and O–H groups in total. The number of methoxy groups -OCH3 is 1. The van der Waals surface area contributed by atoms with Gasteiger partial charge in [0.2, 0.25) is 11.8 Å². The molecule has 0 bridgehead atoms. The predicted molar refractivity (Wildman–Crippen MR) is 118 cm³/mol. The quantitative estimate of drug-likeness (QED) is 0.533. The Labute approximate surface area is 185 Å². The first kappa shape index (κ1) is 22.5. The first-order chi connectivity index (χ1) is 15.5. The number of aromatic nitrogens is 1. The average Bonchev–Trinajstić information content (AvgIpc) is 3.32. The van der Waals surface area contributed by atoms with Crippen LogP contribution in [0, 0.1) is 0 Å². The van der Waals surface area contributed by atoms with Crippen molar-refractivity contribution in [2.24, 2.45) is 0 Å².